The van der Waals surface area contributed by atoms with Gasteiger partial charge in [0.2, 0.25) is 5.91 Å². The van der Waals surface area contributed by atoms with Gasteiger partial charge in [-0.2, -0.15) is 0 Å². The Morgan fingerprint density at radius 1 is 1.25 bits per heavy atom. The van der Waals surface area contributed by atoms with Gasteiger partial charge in [-0.05, 0) is 30.5 Å². The second kappa shape index (κ2) is 3.91. The molecule has 0 saturated carbocycles. The monoisotopic (exact) mass is 216 g/mol. The van der Waals surface area contributed by atoms with E-state index in [0.29, 0.717) is 0 Å². The summed E-state index contributed by atoms with van der Waals surface area (Å²) in [5.74, 6) is 0.272. The molecule has 2 aliphatic rings. The lowest BCUT2D eigenvalue weighted by atomic mass is 10.1. The van der Waals surface area contributed by atoms with Crippen LogP contribution in [0.4, 0.5) is 0 Å². The fourth-order valence-corrected chi connectivity index (χ4v) is 2.60. The predicted octanol–water partition coefficient (Wildman–Crippen LogP) is 1.28. The van der Waals surface area contributed by atoms with Crippen molar-refractivity contribution in [3.05, 3.63) is 35.4 Å². The first-order valence-electron chi connectivity index (χ1n) is 5.93. The third kappa shape index (κ3) is 1.61. The number of carbonyl (C=O) groups is 1. The van der Waals surface area contributed by atoms with Crippen molar-refractivity contribution in [3.8, 4) is 0 Å². The summed E-state index contributed by atoms with van der Waals surface area (Å²) in [6.07, 6.45) is 2.11. The Balaban J connectivity index is 1.73. The molecule has 0 aliphatic carbocycles. The molecule has 3 nitrogen and oxygen atoms in total. The van der Waals surface area contributed by atoms with E-state index in [2.05, 4.69) is 17.4 Å². The number of fused-ring (bicyclic) bond motifs is 1. The zero-order valence-electron chi connectivity index (χ0n) is 9.28. The molecule has 0 spiro atoms. The zero-order valence-corrected chi connectivity index (χ0v) is 9.28. The van der Waals surface area contributed by atoms with Crippen molar-refractivity contribution in [3.63, 3.8) is 0 Å². The first-order chi connectivity index (χ1) is 7.84. The first kappa shape index (κ1) is 9.85. The van der Waals surface area contributed by atoms with E-state index < -0.39 is 0 Å². The van der Waals surface area contributed by atoms with Crippen LogP contribution in [0.2, 0.25) is 0 Å². The van der Waals surface area contributed by atoms with Gasteiger partial charge in [-0.1, -0.05) is 24.3 Å². The van der Waals surface area contributed by atoms with Crippen LogP contribution in [0.1, 0.15) is 24.0 Å². The van der Waals surface area contributed by atoms with E-state index in [4.69, 9.17) is 0 Å². The lowest BCUT2D eigenvalue weighted by Gasteiger charge is -2.19. The van der Waals surface area contributed by atoms with E-state index in [0.717, 1.165) is 32.5 Å². The van der Waals surface area contributed by atoms with Crippen LogP contribution in [0.25, 0.3) is 0 Å². The van der Waals surface area contributed by atoms with Crippen LogP contribution in [-0.2, 0) is 17.9 Å². The summed E-state index contributed by atoms with van der Waals surface area (Å²) in [5, 5.41) is 3.27. The number of carbonyl (C=O) groups excluding carboxylic acids is 1. The van der Waals surface area contributed by atoms with Gasteiger partial charge in [-0.25, -0.2) is 0 Å². The summed E-state index contributed by atoms with van der Waals surface area (Å²) in [5.41, 5.74) is 2.60. The molecule has 2 heterocycles. The van der Waals surface area contributed by atoms with Crippen molar-refractivity contribution >= 4 is 5.91 Å². The highest BCUT2D eigenvalue weighted by atomic mass is 16.2. The molecule has 0 radical (unpaired) electrons. The lowest BCUT2D eigenvalue weighted by Crippen LogP contribution is -2.40. The molecule has 1 aromatic carbocycles. The average Bonchev–Trinajstić information content (AvgIpc) is 2.97. The number of amides is 1. The Bertz CT molecular complexity index is 385. The number of nitrogens with zero attached hydrogens (tertiary/aromatic N) is 1. The van der Waals surface area contributed by atoms with Crippen LogP contribution in [0.3, 0.4) is 0 Å². The summed E-state index contributed by atoms with van der Waals surface area (Å²) in [6.45, 7) is 2.55. The van der Waals surface area contributed by atoms with Crippen molar-refractivity contribution < 1.29 is 4.79 Å². The van der Waals surface area contributed by atoms with Gasteiger partial charge in [0.05, 0.1) is 6.04 Å². The molecule has 0 aromatic heterocycles. The Kier molecular flexibility index (Phi) is 2.40. The first-order valence-corrected chi connectivity index (χ1v) is 5.93. The number of nitrogens with one attached hydrogen (secondary N) is 1. The SMILES string of the molecule is O=C([C@H]1CCCN1)N1Cc2ccccc2C1. The summed E-state index contributed by atoms with van der Waals surface area (Å²) >= 11 is 0. The maximum atomic E-state index is 12.2. The van der Waals surface area contributed by atoms with Crippen LogP contribution < -0.4 is 5.32 Å². The zero-order chi connectivity index (χ0) is 11.0. The molecule has 2 aliphatic heterocycles. The van der Waals surface area contributed by atoms with Crippen molar-refractivity contribution in [2.75, 3.05) is 6.54 Å². The third-order valence-corrected chi connectivity index (χ3v) is 3.51. The second-order valence-electron chi connectivity index (χ2n) is 4.61. The quantitative estimate of drug-likeness (QED) is 0.767. The van der Waals surface area contributed by atoms with Gasteiger partial charge in [-0.15, -0.1) is 0 Å². The van der Waals surface area contributed by atoms with Gasteiger partial charge in [0.1, 0.15) is 0 Å². The van der Waals surface area contributed by atoms with Gasteiger partial charge < -0.3 is 10.2 Å². The smallest absolute Gasteiger partial charge is 0.240 e. The Labute approximate surface area is 95.4 Å². The normalized spacial score (nSPS) is 23.5. The van der Waals surface area contributed by atoms with E-state index in [1.165, 1.54) is 11.1 Å². The summed E-state index contributed by atoms with van der Waals surface area (Å²) in [4.78, 5) is 14.1. The number of hydrogen-bond donors (Lipinski definition) is 1. The molecule has 1 aromatic rings. The van der Waals surface area contributed by atoms with E-state index in [1.807, 2.05) is 17.0 Å². The number of benzene rings is 1. The Hall–Kier alpha value is -1.35. The average molecular weight is 216 g/mol. The summed E-state index contributed by atoms with van der Waals surface area (Å²) in [7, 11) is 0. The van der Waals surface area contributed by atoms with Crippen LogP contribution in [0.15, 0.2) is 24.3 Å². The molecule has 16 heavy (non-hydrogen) atoms. The van der Waals surface area contributed by atoms with Gasteiger partial charge in [0.25, 0.3) is 0 Å². The van der Waals surface area contributed by atoms with Gasteiger partial charge in [-0.3, -0.25) is 4.79 Å². The Morgan fingerprint density at radius 3 is 2.50 bits per heavy atom. The standard InChI is InChI=1S/C13H16N2O/c16-13(12-6-3-7-14-12)15-8-10-4-1-2-5-11(10)9-15/h1-2,4-5,12,14H,3,6-9H2/t12-/m1/s1. The fourth-order valence-electron chi connectivity index (χ4n) is 2.60. The number of rotatable bonds is 1. The van der Waals surface area contributed by atoms with Gasteiger partial charge in [0.15, 0.2) is 0 Å². The molecule has 1 fully saturated rings. The molecule has 1 amide bonds. The molecule has 1 saturated heterocycles. The van der Waals surface area contributed by atoms with E-state index in [9.17, 15) is 4.79 Å². The largest absolute Gasteiger partial charge is 0.333 e. The van der Waals surface area contributed by atoms with Crippen molar-refractivity contribution in [1.29, 1.82) is 0 Å². The minimum Gasteiger partial charge on any atom is -0.333 e. The Morgan fingerprint density at radius 2 is 1.94 bits per heavy atom. The molecule has 3 heteroatoms. The van der Waals surface area contributed by atoms with E-state index >= 15 is 0 Å². The maximum Gasteiger partial charge on any atom is 0.240 e. The van der Waals surface area contributed by atoms with E-state index in [-0.39, 0.29) is 11.9 Å². The molecular formula is C13H16N2O. The molecule has 3 rings (SSSR count). The minimum atomic E-state index is 0.0642. The number of hydrogen-bond acceptors (Lipinski definition) is 2. The molecular weight excluding hydrogens is 200 g/mol. The second-order valence-corrected chi connectivity index (χ2v) is 4.61. The van der Waals surface area contributed by atoms with Crippen molar-refractivity contribution in [2.45, 2.75) is 32.0 Å². The van der Waals surface area contributed by atoms with Gasteiger partial charge in [0, 0.05) is 13.1 Å². The van der Waals surface area contributed by atoms with E-state index in [1.54, 1.807) is 0 Å². The van der Waals surface area contributed by atoms with Crippen LogP contribution in [0.5, 0.6) is 0 Å². The fraction of sp³-hybridized carbons (Fsp3) is 0.462. The minimum absolute atomic E-state index is 0.0642. The van der Waals surface area contributed by atoms with Crippen LogP contribution >= 0.6 is 0 Å². The van der Waals surface area contributed by atoms with Crippen LogP contribution in [-0.4, -0.2) is 23.4 Å². The van der Waals surface area contributed by atoms with Crippen LogP contribution in [0, 0.1) is 0 Å². The molecule has 0 bridgehead atoms. The molecule has 1 N–H and O–H groups in total. The highest BCUT2D eigenvalue weighted by Gasteiger charge is 2.30. The highest BCUT2D eigenvalue weighted by molar-refractivity contribution is 5.82. The summed E-state index contributed by atoms with van der Waals surface area (Å²) < 4.78 is 0. The maximum absolute atomic E-state index is 12.2. The van der Waals surface area contributed by atoms with Crippen molar-refractivity contribution in [2.24, 2.45) is 0 Å². The molecule has 84 valence electrons. The third-order valence-electron chi connectivity index (χ3n) is 3.51. The molecule has 1 atom stereocenters. The summed E-state index contributed by atoms with van der Waals surface area (Å²) in [6, 6.07) is 8.38. The lowest BCUT2D eigenvalue weighted by molar-refractivity contribution is -0.133. The highest BCUT2D eigenvalue weighted by Crippen LogP contribution is 2.23. The van der Waals surface area contributed by atoms with Crippen molar-refractivity contribution in [1.82, 2.24) is 10.2 Å². The molecule has 0 unspecified atom stereocenters. The predicted molar refractivity (Wildman–Crippen MR) is 61.7 cm³/mol. The van der Waals surface area contributed by atoms with Gasteiger partial charge >= 0.3 is 0 Å². The topological polar surface area (TPSA) is 32.3 Å².